The highest BCUT2D eigenvalue weighted by molar-refractivity contribution is 6.26. The van der Waals surface area contributed by atoms with Gasteiger partial charge in [-0.15, -0.1) is 0 Å². The summed E-state index contributed by atoms with van der Waals surface area (Å²) in [6.45, 7) is 13.2. The summed E-state index contributed by atoms with van der Waals surface area (Å²) in [4.78, 5) is 21.7. The minimum atomic E-state index is -0.454. The second kappa shape index (κ2) is 30.8. The number of aromatic nitrogens is 4. The van der Waals surface area contributed by atoms with E-state index in [9.17, 15) is 0 Å². The van der Waals surface area contributed by atoms with Crippen molar-refractivity contribution in [1.82, 2.24) is 19.9 Å². The molecule has 0 N–H and O–H groups in total. The standard InChI is InChI=1S/C84H48N2O.C52H40N2O/c1-8-28-70-56(19-1)57-20-2-9-29-71(57)83(70)74-32-12-5-23-60(74)62-39-35-51(46-76(62)83)49-37-41-65-68(44-49)69-45-50(52-36-40-63-61-24-6-13-33-75(61)84(77(63)47-52)72-30-10-3-21-58(72)59-22-4-11-31-73(59)84)38-42-66(69)81-80(65)85-48-78(86-81)54-18-15-17-53(43-54)55-26-16-27-67-64-25-7-14-34-79(64)87-82(55)67;1-29-21-31(3)48(32(4)22-29)37-17-19-41-44(26-37)45-27-38(49-33(5)23-30(2)24-34(49)6)18-20-42(45)51-50(41)53-28-46(54-51)36-12-9-11-35(25-36)39-14-10-15-43-40-13-7-8-16-47(40)55-52(39)43/h1-48H;7-28H,1-6H3. The SMILES string of the molecule is Cc1cc(C)c(-c2ccc3c(c2)c2cc(-c4c(C)cc(C)cc4C)ccc2c2nc(-c4cccc(-c5cccc6c5oc5ccccc56)c4)cnc32)c(C)c1.c1cc(-c2cnc3c4ccc(-c5ccc6c(c5)C5(c7ccccc7-c7ccccc75)c5ccccc5-6)cc4c4cc(-c5ccc6c(c5)C5(c7ccccc7-c7ccccc75)c5ccccc5-6)ccc4c3n2)cc(-c2cccc3c2oc2ccccc23)c1. The summed E-state index contributed by atoms with van der Waals surface area (Å²) in [7, 11) is 0. The fraction of sp³-hybridized carbons (Fsp3) is 0.0588. The number of rotatable bonds is 8. The first kappa shape index (κ1) is 81.3. The molecule has 2 spiro atoms. The van der Waals surface area contributed by atoms with Crippen LogP contribution in [0, 0.1) is 41.5 Å². The van der Waals surface area contributed by atoms with Crippen LogP contribution in [0.15, 0.2) is 434 Å². The van der Waals surface area contributed by atoms with Gasteiger partial charge in [-0.2, -0.15) is 0 Å². The molecule has 4 aromatic heterocycles. The highest BCUT2D eigenvalue weighted by atomic mass is 16.3. The molecule has 0 unspecified atom stereocenters. The van der Waals surface area contributed by atoms with Crippen LogP contribution < -0.4 is 0 Å². The van der Waals surface area contributed by atoms with Gasteiger partial charge in [-0.3, -0.25) is 9.97 Å². The second-order valence-electron chi connectivity index (χ2n) is 39.5. The molecule has 0 radical (unpaired) electrons. The lowest BCUT2D eigenvalue weighted by molar-refractivity contribution is 0.669. The van der Waals surface area contributed by atoms with Crippen molar-refractivity contribution >= 4 is 109 Å². The number of aryl methyl sites for hydroxylation is 6. The molecule has 0 amide bonds. The second-order valence-corrected chi connectivity index (χ2v) is 39.5. The monoisotopic (exact) mass is 1810 g/mol. The summed E-state index contributed by atoms with van der Waals surface area (Å²) in [6.07, 6.45) is 3.90. The number of para-hydroxylation sites is 4. The first-order chi connectivity index (χ1) is 69.8. The molecule has 664 valence electrons. The molecule has 0 atom stereocenters. The highest BCUT2D eigenvalue weighted by Crippen LogP contribution is 2.66. The van der Waals surface area contributed by atoms with E-state index in [1.807, 2.05) is 36.7 Å². The largest absolute Gasteiger partial charge is 0.455 e. The Morgan fingerprint density at radius 1 is 0.183 bits per heavy atom. The van der Waals surface area contributed by atoms with Gasteiger partial charge in [0.1, 0.15) is 22.3 Å². The Balaban J connectivity index is 0.000000151. The van der Waals surface area contributed by atoms with E-state index in [1.54, 1.807) is 0 Å². The molecule has 0 saturated carbocycles. The van der Waals surface area contributed by atoms with Crippen LogP contribution in [0.25, 0.3) is 243 Å². The van der Waals surface area contributed by atoms with Crippen LogP contribution in [0.5, 0.6) is 0 Å². The molecule has 142 heavy (non-hydrogen) atoms. The zero-order chi connectivity index (χ0) is 94.2. The Morgan fingerprint density at radius 3 is 0.824 bits per heavy atom. The van der Waals surface area contributed by atoms with Crippen LogP contribution >= 0.6 is 0 Å². The smallest absolute Gasteiger partial charge is 0.143 e. The number of nitrogens with zero attached hydrogens (tertiary/aromatic N) is 4. The van der Waals surface area contributed by atoms with E-state index in [2.05, 4.69) is 430 Å². The van der Waals surface area contributed by atoms with Crippen molar-refractivity contribution in [1.29, 1.82) is 0 Å². The fourth-order valence-corrected chi connectivity index (χ4v) is 25.9. The van der Waals surface area contributed by atoms with Gasteiger partial charge in [0.25, 0.3) is 0 Å². The predicted molar refractivity (Wildman–Crippen MR) is 588 cm³/mol. The normalized spacial score (nSPS) is 13.1. The molecule has 6 nitrogen and oxygen atoms in total. The average molecular weight is 1810 g/mol. The Kier molecular flexibility index (Phi) is 17.7. The van der Waals surface area contributed by atoms with Gasteiger partial charge in [0.05, 0.1) is 56.7 Å². The fourth-order valence-electron chi connectivity index (χ4n) is 25.9. The quantitative estimate of drug-likeness (QED) is 0.141. The lowest BCUT2D eigenvalue weighted by Crippen LogP contribution is -2.25. The molecule has 0 saturated heterocycles. The van der Waals surface area contributed by atoms with Crippen LogP contribution in [-0.4, -0.2) is 19.9 Å². The predicted octanol–water partition coefficient (Wildman–Crippen LogP) is 35.5. The Hall–Kier alpha value is -17.8. The Bertz CT molecular complexity index is 9880. The number of hydrogen-bond donors (Lipinski definition) is 0. The first-order valence-electron chi connectivity index (χ1n) is 49.2. The van der Waals surface area contributed by atoms with Gasteiger partial charge >= 0.3 is 0 Å². The van der Waals surface area contributed by atoms with Crippen molar-refractivity contribution < 1.29 is 8.83 Å². The zero-order valence-corrected chi connectivity index (χ0v) is 79.0. The molecule has 30 rings (SSSR count). The molecule has 6 heteroatoms. The maximum Gasteiger partial charge on any atom is 0.143 e. The average Bonchev–Trinajstić information content (AvgIpc) is 1.51. The third-order valence-electron chi connectivity index (χ3n) is 31.6. The van der Waals surface area contributed by atoms with Crippen LogP contribution in [0.1, 0.15) is 77.9 Å². The van der Waals surface area contributed by atoms with E-state index < -0.39 is 10.8 Å². The van der Waals surface area contributed by atoms with Gasteiger partial charge in [0.2, 0.25) is 0 Å². The van der Waals surface area contributed by atoms with Gasteiger partial charge in [-0.25, -0.2) is 9.97 Å². The number of furan rings is 2. The summed E-state index contributed by atoms with van der Waals surface area (Å²) in [5, 5.41) is 13.4. The van der Waals surface area contributed by atoms with Crippen molar-refractivity contribution in [3.63, 3.8) is 0 Å². The third-order valence-corrected chi connectivity index (χ3v) is 31.6. The van der Waals surface area contributed by atoms with Crippen molar-refractivity contribution in [3.8, 4) is 134 Å². The first-order valence-corrected chi connectivity index (χ1v) is 49.2. The van der Waals surface area contributed by atoms with Gasteiger partial charge in [-0.05, 0) is 291 Å². The van der Waals surface area contributed by atoms with Crippen molar-refractivity contribution in [2.45, 2.75) is 52.4 Å². The van der Waals surface area contributed by atoms with E-state index in [1.165, 1.54) is 167 Å². The Labute approximate surface area is 820 Å². The summed E-state index contributed by atoms with van der Waals surface area (Å²) in [5.41, 5.74) is 52.6. The molecule has 22 aromatic carbocycles. The summed E-state index contributed by atoms with van der Waals surface area (Å²) in [5.74, 6) is 0. The van der Waals surface area contributed by atoms with E-state index in [0.29, 0.717) is 0 Å². The summed E-state index contributed by atoms with van der Waals surface area (Å²) >= 11 is 0. The number of hydrogen-bond acceptors (Lipinski definition) is 6. The molecule has 0 fully saturated rings. The zero-order valence-electron chi connectivity index (χ0n) is 79.0. The van der Waals surface area contributed by atoms with Crippen LogP contribution in [-0.2, 0) is 10.8 Å². The van der Waals surface area contributed by atoms with E-state index in [4.69, 9.17) is 28.8 Å². The molecular weight excluding hydrogens is 1720 g/mol. The highest BCUT2D eigenvalue weighted by Gasteiger charge is 2.53. The molecule has 0 bridgehead atoms. The topological polar surface area (TPSA) is 77.8 Å². The van der Waals surface area contributed by atoms with Crippen LogP contribution in [0.2, 0.25) is 0 Å². The van der Waals surface area contributed by atoms with Crippen LogP contribution in [0.4, 0.5) is 0 Å². The molecular formula is C136H88N4O2. The van der Waals surface area contributed by atoms with Gasteiger partial charge in [0.15, 0.2) is 0 Å². The molecule has 26 aromatic rings. The van der Waals surface area contributed by atoms with Gasteiger partial charge in [-0.1, -0.05) is 363 Å². The van der Waals surface area contributed by atoms with Gasteiger partial charge < -0.3 is 8.83 Å². The maximum absolute atomic E-state index is 6.55. The van der Waals surface area contributed by atoms with Gasteiger partial charge in [0, 0.05) is 65.3 Å². The third kappa shape index (κ3) is 11.8. The van der Waals surface area contributed by atoms with Crippen molar-refractivity contribution in [2.75, 3.05) is 0 Å². The van der Waals surface area contributed by atoms with Crippen molar-refractivity contribution in [3.05, 3.63) is 503 Å². The van der Waals surface area contributed by atoms with E-state index >= 15 is 0 Å². The lowest BCUT2D eigenvalue weighted by Gasteiger charge is -2.30. The molecule has 4 aliphatic carbocycles. The number of fused-ring (bicyclic) bond motifs is 38. The molecule has 0 aliphatic heterocycles. The molecule has 4 aliphatic rings. The summed E-state index contributed by atoms with van der Waals surface area (Å²) < 4.78 is 13.0. The van der Waals surface area contributed by atoms with Crippen molar-refractivity contribution in [2.24, 2.45) is 0 Å². The number of benzene rings is 22. The van der Waals surface area contributed by atoms with Crippen LogP contribution in [0.3, 0.4) is 0 Å². The Morgan fingerprint density at radius 2 is 0.458 bits per heavy atom. The molecule has 4 heterocycles. The minimum absolute atomic E-state index is 0.449. The lowest BCUT2D eigenvalue weighted by atomic mass is 9.70. The van der Waals surface area contributed by atoms with E-state index in [0.717, 1.165) is 154 Å². The summed E-state index contributed by atoms with van der Waals surface area (Å²) in [6, 6.07) is 152. The minimum Gasteiger partial charge on any atom is -0.455 e. The van der Waals surface area contributed by atoms with E-state index in [-0.39, 0.29) is 0 Å². The maximum atomic E-state index is 6.55.